The van der Waals surface area contributed by atoms with Gasteiger partial charge in [0.2, 0.25) is 23.6 Å². The average molecular weight is 955 g/mol. The molecule has 7 rings (SSSR count). The van der Waals surface area contributed by atoms with Gasteiger partial charge in [-0.1, -0.05) is 16.8 Å². The van der Waals surface area contributed by atoms with E-state index in [1.54, 1.807) is 28.0 Å². The van der Waals surface area contributed by atoms with Crippen molar-refractivity contribution in [1.82, 2.24) is 39.9 Å². The summed E-state index contributed by atoms with van der Waals surface area (Å²) in [5.41, 5.74) is 18.6. The van der Waals surface area contributed by atoms with Gasteiger partial charge in [0.25, 0.3) is 5.91 Å². The van der Waals surface area contributed by atoms with Gasteiger partial charge in [0.05, 0.1) is 33.6 Å². The number of nitrogens with two attached hydrogens (primary N) is 3. The number of hydrogen-bond donors (Lipinski definition) is 4. The molecule has 7 heterocycles. The van der Waals surface area contributed by atoms with Crippen LogP contribution < -0.4 is 22.5 Å². The molecule has 7 N–H and O–H groups in total. The number of primary amides is 2. The molecule has 0 saturated carbocycles. The molecule has 3 aromatic heterocycles. The second kappa shape index (κ2) is 21.4. The van der Waals surface area contributed by atoms with E-state index in [-0.39, 0.29) is 66.7 Å². The smallest absolute Gasteiger partial charge is 0.359 e. The summed E-state index contributed by atoms with van der Waals surface area (Å²) in [6.07, 6.45) is 2.61. The number of carbonyl (C=O) groups excluding carboxylic acids is 6. The van der Waals surface area contributed by atoms with E-state index in [0.717, 1.165) is 11.4 Å². The van der Waals surface area contributed by atoms with Gasteiger partial charge < -0.3 is 51.4 Å². The number of hydrogen-bond acceptors (Lipinski definition) is 14. The van der Waals surface area contributed by atoms with Crippen molar-refractivity contribution in [2.75, 3.05) is 52.4 Å². The summed E-state index contributed by atoms with van der Waals surface area (Å²) in [6, 6.07) is 5.77. The minimum absolute atomic E-state index is 0.000629. The van der Waals surface area contributed by atoms with Gasteiger partial charge >= 0.3 is 5.97 Å². The Morgan fingerprint density at radius 2 is 1.56 bits per heavy atom. The molecule has 0 spiro atoms. The van der Waals surface area contributed by atoms with Crippen LogP contribution in [0.4, 0.5) is 0 Å². The molecule has 4 saturated heterocycles. The molecule has 4 fully saturated rings. The first-order valence-corrected chi connectivity index (χ1v) is 24.4. The van der Waals surface area contributed by atoms with Crippen LogP contribution >= 0.6 is 22.9 Å². The quantitative estimate of drug-likeness (QED) is 0.126. The number of esters is 1. The molecule has 360 valence electrons. The van der Waals surface area contributed by atoms with Crippen molar-refractivity contribution in [3.63, 3.8) is 0 Å². The molecule has 3 aromatic rings. The summed E-state index contributed by atoms with van der Waals surface area (Å²) in [5, 5.41) is 11.8. The Labute approximate surface area is 394 Å². The van der Waals surface area contributed by atoms with Crippen molar-refractivity contribution < 1.29 is 38.0 Å². The van der Waals surface area contributed by atoms with Gasteiger partial charge in [-0.15, -0.1) is 11.3 Å². The van der Waals surface area contributed by atoms with E-state index in [2.05, 4.69) is 39.2 Å². The molecule has 19 nitrogen and oxygen atoms in total. The number of halogens is 1. The molecule has 7 atom stereocenters. The van der Waals surface area contributed by atoms with Crippen LogP contribution in [-0.2, 0) is 30.5 Å². The van der Waals surface area contributed by atoms with Gasteiger partial charge in [0, 0.05) is 88.3 Å². The SMILES string of the molecule is CC(C)N1CCC(CC(CNC(=O)c2cc(C(=O)OC(C3CCN(C(C)C)CC3C(N)=O)C(CN)N3CCCC3=O)nn2Cc2cc(-c3ccc(Cl)s3)on2)N2CCCC2=O)C(C(N)=O)C1. The third-order valence-electron chi connectivity index (χ3n) is 14.0. The third kappa shape index (κ3) is 11.1. The molecule has 0 aromatic carbocycles. The van der Waals surface area contributed by atoms with Crippen LogP contribution in [0.25, 0.3) is 10.6 Å². The number of amides is 5. The monoisotopic (exact) mass is 953 g/mol. The highest BCUT2D eigenvalue weighted by Gasteiger charge is 2.47. The number of rotatable bonds is 19. The zero-order valence-corrected chi connectivity index (χ0v) is 39.8. The molecule has 4 aliphatic rings. The van der Waals surface area contributed by atoms with Gasteiger partial charge in [-0.2, -0.15) is 5.10 Å². The Bertz CT molecular complexity index is 2250. The topological polar surface area (TPSA) is 259 Å². The lowest BCUT2D eigenvalue weighted by atomic mass is 9.77. The largest absolute Gasteiger partial charge is 0.455 e. The number of ether oxygens (including phenoxy) is 1. The molecule has 7 unspecified atom stereocenters. The summed E-state index contributed by atoms with van der Waals surface area (Å²) in [4.78, 5) is 89.8. The molecule has 0 bridgehead atoms. The van der Waals surface area contributed by atoms with Gasteiger partial charge in [-0.3, -0.25) is 28.7 Å². The van der Waals surface area contributed by atoms with E-state index in [1.807, 2.05) is 13.8 Å². The van der Waals surface area contributed by atoms with Crippen molar-refractivity contribution in [2.24, 2.45) is 40.9 Å². The van der Waals surface area contributed by atoms with Gasteiger partial charge in [-0.25, -0.2) is 4.79 Å². The zero-order valence-electron chi connectivity index (χ0n) is 38.2. The van der Waals surface area contributed by atoms with Gasteiger partial charge in [-0.05, 0) is 90.9 Å². The van der Waals surface area contributed by atoms with E-state index in [0.29, 0.717) is 93.5 Å². The second-order valence-electron chi connectivity index (χ2n) is 18.7. The molecule has 0 aliphatic carbocycles. The summed E-state index contributed by atoms with van der Waals surface area (Å²) >= 11 is 7.50. The standard InChI is InChI=1S/C45H64ClN11O8S/c1-25(2)53-15-11-27(31(23-53)42(48)60)17-29(55-13-5-7-39(55)58)21-50-44(62)34-19-33(51-57(34)22-28-18-36(65-52-28)37-9-10-38(46)66-37)45(63)64-41(35(20-47)56-14-6-8-40(56)59)30-12-16-54(26(3)4)24-32(30)43(49)61/h9-10,18-19,25-27,29-32,35,41H,5-8,11-17,20-24,47H2,1-4H3,(H2,48,60)(H2,49,61)(H,50,62). The summed E-state index contributed by atoms with van der Waals surface area (Å²) < 4.78 is 13.9. The Balaban J connectivity index is 1.18. The third-order valence-corrected chi connectivity index (χ3v) is 15.3. The number of carbonyl (C=O) groups is 6. The highest BCUT2D eigenvalue weighted by molar-refractivity contribution is 7.19. The fraction of sp³-hybridized carbons (Fsp3) is 0.644. The van der Waals surface area contributed by atoms with Crippen molar-refractivity contribution >= 4 is 58.4 Å². The van der Waals surface area contributed by atoms with E-state index in [4.69, 9.17) is 38.1 Å². The number of aromatic nitrogens is 3. The molecule has 0 radical (unpaired) electrons. The van der Waals surface area contributed by atoms with Crippen LogP contribution in [0.5, 0.6) is 0 Å². The maximum atomic E-state index is 14.5. The number of nitrogens with zero attached hydrogens (tertiary/aromatic N) is 7. The molecule has 66 heavy (non-hydrogen) atoms. The summed E-state index contributed by atoms with van der Waals surface area (Å²) in [6.45, 7) is 11.4. The highest BCUT2D eigenvalue weighted by atomic mass is 35.5. The Kier molecular flexibility index (Phi) is 15.9. The van der Waals surface area contributed by atoms with E-state index < -0.39 is 53.7 Å². The first-order valence-electron chi connectivity index (χ1n) is 23.2. The molecular formula is C45H64ClN11O8S. The zero-order chi connectivity index (χ0) is 47.4. The first-order chi connectivity index (χ1) is 31.5. The van der Waals surface area contributed by atoms with Crippen molar-refractivity contribution in [3.05, 3.63) is 45.7 Å². The number of nitrogens with one attached hydrogen (secondary N) is 1. The van der Waals surface area contributed by atoms with Crippen molar-refractivity contribution in [2.45, 2.75) is 109 Å². The minimum atomic E-state index is -1.02. The Morgan fingerprint density at radius 1 is 0.909 bits per heavy atom. The van der Waals surface area contributed by atoms with Crippen LogP contribution in [0, 0.1) is 23.7 Å². The lowest BCUT2D eigenvalue weighted by molar-refractivity contribution is -0.137. The number of likely N-dealkylation sites (tertiary alicyclic amines) is 4. The normalized spacial score (nSPS) is 23.5. The lowest BCUT2D eigenvalue weighted by Gasteiger charge is -2.45. The summed E-state index contributed by atoms with van der Waals surface area (Å²) in [7, 11) is 0. The van der Waals surface area contributed by atoms with E-state index in [1.165, 1.54) is 22.1 Å². The average Bonchev–Trinajstić information content (AvgIpc) is 4.15. The molecule has 21 heteroatoms. The maximum absolute atomic E-state index is 14.5. The van der Waals surface area contributed by atoms with Gasteiger partial charge in [0.1, 0.15) is 17.5 Å². The number of piperidine rings is 2. The Morgan fingerprint density at radius 3 is 2.15 bits per heavy atom. The fourth-order valence-corrected chi connectivity index (χ4v) is 11.3. The predicted molar refractivity (Wildman–Crippen MR) is 246 cm³/mol. The van der Waals surface area contributed by atoms with Crippen LogP contribution in [0.1, 0.15) is 99.3 Å². The lowest BCUT2D eigenvalue weighted by Crippen LogP contribution is -2.59. The number of thiophene rings is 1. The first kappa shape index (κ1) is 49.0. The molecular weight excluding hydrogens is 890 g/mol. The predicted octanol–water partition coefficient (Wildman–Crippen LogP) is 2.55. The maximum Gasteiger partial charge on any atom is 0.359 e. The van der Waals surface area contributed by atoms with Gasteiger partial charge in [0.15, 0.2) is 11.5 Å². The highest BCUT2D eigenvalue weighted by Crippen LogP contribution is 2.35. The molecule has 4 aliphatic heterocycles. The second-order valence-corrected chi connectivity index (χ2v) is 20.4. The van der Waals surface area contributed by atoms with Crippen LogP contribution in [-0.4, -0.2) is 153 Å². The van der Waals surface area contributed by atoms with Crippen LogP contribution in [0.3, 0.4) is 0 Å². The van der Waals surface area contributed by atoms with Crippen molar-refractivity contribution in [1.29, 1.82) is 0 Å². The van der Waals surface area contributed by atoms with Crippen LogP contribution in [0.15, 0.2) is 28.8 Å². The molecule has 5 amide bonds. The summed E-state index contributed by atoms with van der Waals surface area (Å²) in [5.74, 6) is -3.89. The minimum Gasteiger partial charge on any atom is -0.455 e. The fourth-order valence-electron chi connectivity index (χ4n) is 10.3. The van der Waals surface area contributed by atoms with Crippen molar-refractivity contribution in [3.8, 4) is 10.6 Å². The van der Waals surface area contributed by atoms with E-state index in [9.17, 15) is 28.8 Å². The van der Waals surface area contributed by atoms with E-state index >= 15 is 0 Å². The van der Waals surface area contributed by atoms with Crippen LogP contribution in [0.2, 0.25) is 4.34 Å². The Hall–Kier alpha value is -4.89.